The third kappa shape index (κ3) is 5.28. The molecule has 3 heterocycles. The second kappa shape index (κ2) is 11.3. The lowest BCUT2D eigenvalue weighted by molar-refractivity contribution is -0.120. The summed E-state index contributed by atoms with van der Waals surface area (Å²) < 4.78 is 7.48. The number of aromatic nitrogens is 3. The smallest absolute Gasteiger partial charge is 0.275 e. The molecule has 1 aliphatic heterocycles. The Bertz CT molecular complexity index is 1830. The van der Waals surface area contributed by atoms with Gasteiger partial charge >= 0.3 is 0 Å². The van der Waals surface area contributed by atoms with Crippen LogP contribution in [0.25, 0.3) is 28.1 Å². The number of fused-ring (bicyclic) bond motifs is 3. The Balaban J connectivity index is 1.58. The van der Waals surface area contributed by atoms with Crippen LogP contribution in [0.1, 0.15) is 52.2 Å². The Morgan fingerprint density at radius 1 is 1.00 bits per heavy atom. The van der Waals surface area contributed by atoms with Crippen LogP contribution in [0.3, 0.4) is 0 Å². The lowest BCUT2D eigenvalue weighted by atomic mass is 9.86. The van der Waals surface area contributed by atoms with Crippen molar-refractivity contribution >= 4 is 40.9 Å². The topological polar surface area (TPSA) is 132 Å². The zero-order valence-electron chi connectivity index (χ0n) is 24.4. The van der Waals surface area contributed by atoms with E-state index in [1.807, 2.05) is 26.0 Å². The standard InChI is InChI=1S/C32H30Cl2N6O4/c1-32(2)16-37-27(41)6-7-39(32)31(43)28-23-5-4-17-9-26(44-3)24(18-8-19(30(35)42)15-36-14-18)13-25(17)29(23)40(38-28)22-11-20(33)10-21(34)12-22/h8-15H,4-7,16H2,1-3H3,(H2,35,42)(H,37,41). The number of methoxy groups -OCH3 is 1. The molecule has 12 heteroatoms. The van der Waals surface area contributed by atoms with Crippen LogP contribution < -0.4 is 15.8 Å². The van der Waals surface area contributed by atoms with Crippen LogP contribution >= 0.6 is 23.2 Å². The number of primary amides is 1. The van der Waals surface area contributed by atoms with Crippen molar-refractivity contribution in [3.63, 3.8) is 0 Å². The monoisotopic (exact) mass is 632 g/mol. The van der Waals surface area contributed by atoms with Crippen molar-refractivity contribution in [3.05, 3.63) is 81.2 Å². The summed E-state index contributed by atoms with van der Waals surface area (Å²) in [6.07, 6.45) is 4.43. The Morgan fingerprint density at radius 3 is 2.45 bits per heavy atom. The fourth-order valence-electron chi connectivity index (χ4n) is 5.93. The van der Waals surface area contributed by atoms with Gasteiger partial charge in [0.25, 0.3) is 5.91 Å². The number of hydrogen-bond donors (Lipinski definition) is 2. The number of benzene rings is 2. The second-order valence-electron chi connectivity index (χ2n) is 11.5. The minimum absolute atomic E-state index is 0.0974. The zero-order valence-corrected chi connectivity index (χ0v) is 25.9. The zero-order chi connectivity index (χ0) is 31.3. The van der Waals surface area contributed by atoms with Crippen molar-refractivity contribution in [2.24, 2.45) is 5.73 Å². The molecule has 1 fully saturated rings. The summed E-state index contributed by atoms with van der Waals surface area (Å²) in [6.45, 7) is 4.45. The Labute approximate surface area is 264 Å². The maximum atomic E-state index is 14.3. The molecule has 3 amide bonds. The number of amides is 3. The molecule has 226 valence electrons. The quantitative estimate of drug-likeness (QED) is 0.323. The molecule has 0 bridgehead atoms. The van der Waals surface area contributed by atoms with Crippen molar-refractivity contribution in [1.29, 1.82) is 0 Å². The van der Waals surface area contributed by atoms with Gasteiger partial charge in [0.05, 0.1) is 29.6 Å². The van der Waals surface area contributed by atoms with E-state index < -0.39 is 11.4 Å². The Hall–Kier alpha value is -4.41. The molecule has 4 aromatic rings. The maximum Gasteiger partial charge on any atom is 0.275 e. The summed E-state index contributed by atoms with van der Waals surface area (Å²) >= 11 is 12.9. The number of nitrogens with one attached hydrogen (secondary N) is 1. The second-order valence-corrected chi connectivity index (χ2v) is 12.4. The average molecular weight is 634 g/mol. The summed E-state index contributed by atoms with van der Waals surface area (Å²) in [5.74, 6) is -0.344. The van der Waals surface area contributed by atoms with Gasteiger partial charge < -0.3 is 20.7 Å². The summed E-state index contributed by atoms with van der Waals surface area (Å²) in [6, 6.07) is 10.7. The fraction of sp³-hybridized carbons (Fsp3) is 0.281. The van der Waals surface area contributed by atoms with Gasteiger partial charge in [-0.2, -0.15) is 5.10 Å². The van der Waals surface area contributed by atoms with Gasteiger partial charge in [-0.3, -0.25) is 19.4 Å². The highest BCUT2D eigenvalue weighted by molar-refractivity contribution is 6.34. The summed E-state index contributed by atoms with van der Waals surface area (Å²) in [4.78, 5) is 44.4. The van der Waals surface area contributed by atoms with Crippen LogP contribution in [-0.2, 0) is 17.6 Å². The average Bonchev–Trinajstić information content (AvgIpc) is 3.32. The van der Waals surface area contributed by atoms with Crippen molar-refractivity contribution in [2.45, 2.75) is 38.6 Å². The largest absolute Gasteiger partial charge is 0.496 e. The van der Waals surface area contributed by atoms with Crippen LogP contribution in [0.15, 0.2) is 48.8 Å². The predicted octanol–water partition coefficient (Wildman–Crippen LogP) is 4.85. The van der Waals surface area contributed by atoms with Crippen LogP contribution in [0.2, 0.25) is 10.0 Å². The third-order valence-electron chi connectivity index (χ3n) is 8.19. The molecule has 0 unspecified atom stereocenters. The number of ether oxygens (including phenoxy) is 1. The van der Waals surface area contributed by atoms with Gasteiger partial charge in [0.2, 0.25) is 11.8 Å². The van der Waals surface area contributed by atoms with Crippen LogP contribution in [-0.4, -0.2) is 63.1 Å². The molecular weight excluding hydrogens is 603 g/mol. The molecule has 44 heavy (non-hydrogen) atoms. The summed E-state index contributed by atoms with van der Waals surface area (Å²) in [5.41, 5.74) is 10.7. The molecular formula is C32H30Cl2N6O4. The molecule has 1 saturated heterocycles. The number of halogens is 2. The minimum atomic E-state index is -0.634. The van der Waals surface area contributed by atoms with E-state index in [2.05, 4.69) is 10.3 Å². The molecule has 10 nitrogen and oxygen atoms in total. The summed E-state index contributed by atoms with van der Waals surface area (Å²) in [7, 11) is 1.59. The van der Waals surface area contributed by atoms with Crippen LogP contribution in [0.4, 0.5) is 0 Å². The van der Waals surface area contributed by atoms with E-state index >= 15 is 0 Å². The number of rotatable bonds is 5. The molecule has 2 aliphatic rings. The lowest BCUT2D eigenvalue weighted by Crippen LogP contribution is -2.51. The highest BCUT2D eigenvalue weighted by atomic mass is 35.5. The highest BCUT2D eigenvalue weighted by Gasteiger charge is 2.38. The normalized spacial score (nSPS) is 15.6. The minimum Gasteiger partial charge on any atom is -0.496 e. The van der Waals surface area contributed by atoms with E-state index in [0.717, 1.165) is 22.4 Å². The number of hydrogen-bond acceptors (Lipinski definition) is 6. The highest BCUT2D eigenvalue weighted by Crippen LogP contribution is 2.43. The van der Waals surface area contributed by atoms with Gasteiger partial charge in [0.1, 0.15) is 5.75 Å². The SMILES string of the molecule is COc1cc2c(cc1-c1cncc(C(N)=O)c1)-c1c(c(C(=O)N3CCC(=O)NCC3(C)C)nn1-c1cc(Cl)cc(Cl)c1)CC2. The first kappa shape index (κ1) is 29.7. The molecule has 0 atom stereocenters. The van der Waals surface area contributed by atoms with E-state index in [0.29, 0.717) is 57.7 Å². The van der Waals surface area contributed by atoms with E-state index in [4.69, 9.17) is 38.8 Å². The molecule has 1 aliphatic carbocycles. The molecule has 0 saturated carbocycles. The number of carbonyl (C=O) groups excluding carboxylic acids is 3. The third-order valence-corrected chi connectivity index (χ3v) is 8.63. The maximum absolute atomic E-state index is 14.3. The first-order valence-corrected chi connectivity index (χ1v) is 14.9. The van der Waals surface area contributed by atoms with Gasteiger partial charge in [0, 0.05) is 64.2 Å². The first-order chi connectivity index (χ1) is 21.0. The molecule has 2 aromatic carbocycles. The lowest BCUT2D eigenvalue weighted by Gasteiger charge is -2.36. The molecule has 6 rings (SSSR count). The van der Waals surface area contributed by atoms with Gasteiger partial charge in [0.15, 0.2) is 5.69 Å². The van der Waals surface area contributed by atoms with Crippen LogP contribution in [0, 0.1) is 0 Å². The number of nitrogens with two attached hydrogens (primary N) is 1. The van der Waals surface area contributed by atoms with Crippen molar-refractivity contribution < 1.29 is 19.1 Å². The molecule has 3 N–H and O–H groups in total. The van der Waals surface area contributed by atoms with E-state index in [1.165, 1.54) is 6.20 Å². The fourth-order valence-corrected chi connectivity index (χ4v) is 6.44. The Kier molecular flexibility index (Phi) is 7.59. The van der Waals surface area contributed by atoms with Gasteiger partial charge in [-0.1, -0.05) is 23.2 Å². The van der Waals surface area contributed by atoms with Gasteiger partial charge in [-0.25, -0.2) is 4.68 Å². The first-order valence-electron chi connectivity index (χ1n) is 14.1. The molecule has 2 aromatic heterocycles. The van der Waals surface area contributed by atoms with Crippen molar-refractivity contribution in [3.8, 4) is 33.8 Å². The number of nitrogens with zero attached hydrogens (tertiary/aromatic N) is 4. The van der Waals surface area contributed by atoms with Crippen molar-refractivity contribution in [2.75, 3.05) is 20.2 Å². The molecule has 0 spiro atoms. The summed E-state index contributed by atoms with van der Waals surface area (Å²) in [5, 5.41) is 8.65. The molecule has 0 radical (unpaired) electrons. The van der Waals surface area contributed by atoms with E-state index in [-0.39, 0.29) is 30.3 Å². The number of pyridine rings is 1. The van der Waals surface area contributed by atoms with Gasteiger partial charge in [-0.05, 0) is 68.7 Å². The number of aryl methyl sites for hydroxylation is 1. The van der Waals surface area contributed by atoms with E-state index in [1.54, 1.807) is 47.2 Å². The van der Waals surface area contributed by atoms with Gasteiger partial charge in [-0.15, -0.1) is 0 Å². The van der Waals surface area contributed by atoms with Crippen molar-refractivity contribution in [1.82, 2.24) is 25.0 Å². The van der Waals surface area contributed by atoms with E-state index in [9.17, 15) is 14.4 Å². The van der Waals surface area contributed by atoms with Crippen LogP contribution in [0.5, 0.6) is 5.75 Å². The Morgan fingerprint density at radius 2 is 1.75 bits per heavy atom. The number of carbonyl (C=O) groups is 3. The predicted molar refractivity (Wildman–Crippen MR) is 167 cm³/mol.